The second kappa shape index (κ2) is 8.79. The van der Waals surface area contributed by atoms with Gasteiger partial charge in [-0.3, -0.25) is 9.63 Å². The highest BCUT2D eigenvalue weighted by Gasteiger charge is 2.21. The van der Waals surface area contributed by atoms with Crippen molar-refractivity contribution in [2.45, 2.75) is 11.8 Å². The van der Waals surface area contributed by atoms with Crippen LogP contribution in [0.5, 0.6) is 5.75 Å². The first-order valence-corrected chi connectivity index (χ1v) is 9.39. The van der Waals surface area contributed by atoms with E-state index in [0.717, 1.165) is 4.31 Å². The Labute approximate surface area is 153 Å². The van der Waals surface area contributed by atoms with E-state index in [4.69, 9.17) is 9.57 Å². The van der Waals surface area contributed by atoms with Crippen LogP contribution in [0.4, 0.5) is 0 Å². The predicted molar refractivity (Wildman–Crippen MR) is 97.4 cm³/mol. The molecule has 0 heterocycles. The predicted octanol–water partition coefficient (Wildman–Crippen LogP) is 1.99. The molecule has 2 aromatic carbocycles. The molecule has 7 nitrogen and oxygen atoms in total. The third-order valence-corrected chi connectivity index (χ3v) is 5.53. The van der Waals surface area contributed by atoms with E-state index >= 15 is 0 Å². The lowest BCUT2D eigenvalue weighted by Gasteiger charge is -2.14. The zero-order valence-electron chi connectivity index (χ0n) is 14.9. The number of benzene rings is 2. The standard InChI is InChI=1S/C18H22N2O5S/c1-14-9-10-15(13-17(14)26(22,23)20(2)3)18(21)19-25-12-11-24-16-7-5-4-6-8-16/h4-10,13H,11-12H2,1-3H3,(H,19,21). The Morgan fingerprint density at radius 3 is 2.42 bits per heavy atom. The van der Waals surface area contributed by atoms with Gasteiger partial charge in [0.1, 0.15) is 19.0 Å². The van der Waals surface area contributed by atoms with Gasteiger partial charge in [0.15, 0.2) is 0 Å². The Bertz CT molecular complexity index is 851. The fraction of sp³-hybridized carbons (Fsp3) is 0.278. The maximum absolute atomic E-state index is 12.3. The number of sulfonamides is 1. The third-order valence-electron chi connectivity index (χ3n) is 3.57. The summed E-state index contributed by atoms with van der Waals surface area (Å²) in [6.07, 6.45) is 0. The molecule has 0 aromatic heterocycles. The zero-order chi connectivity index (χ0) is 19.2. The molecule has 0 spiro atoms. The van der Waals surface area contributed by atoms with Crippen molar-refractivity contribution in [3.63, 3.8) is 0 Å². The van der Waals surface area contributed by atoms with Crippen molar-refractivity contribution in [1.29, 1.82) is 0 Å². The molecule has 140 valence electrons. The largest absolute Gasteiger partial charge is 0.491 e. The van der Waals surface area contributed by atoms with Crippen LogP contribution in [0.15, 0.2) is 53.4 Å². The molecule has 0 aliphatic heterocycles. The summed E-state index contributed by atoms with van der Waals surface area (Å²) in [4.78, 5) is 17.3. The van der Waals surface area contributed by atoms with Gasteiger partial charge in [-0.1, -0.05) is 24.3 Å². The van der Waals surface area contributed by atoms with Crippen molar-refractivity contribution in [3.8, 4) is 5.75 Å². The number of ether oxygens (including phenoxy) is 1. The molecule has 0 saturated carbocycles. The van der Waals surface area contributed by atoms with E-state index in [1.807, 2.05) is 30.3 Å². The number of nitrogens with one attached hydrogen (secondary N) is 1. The van der Waals surface area contributed by atoms with Crippen LogP contribution in [0.3, 0.4) is 0 Å². The molecule has 1 N–H and O–H groups in total. The maximum atomic E-state index is 12.3. The molecule has 0 unspecified atom stereocenters. The van der Waals surface area contributed by atoms with Crippen LogP contribution in [0.2, 0.25) is 0 Å². The second-order valence-corrected chi connectivity index (χ2v) is 7.83. The van der Waals surface area contributed by atoms with Gasteiger partial charge in [-0.15, -0.1) is 0 Å². The number of amides is 1. The number of hydrogen-bond acceptors (Lipinski definition) is 5. The monoisotopic (exact) mass is 378 g/mol. The minimum atomic E-state index is -3.63. The van der Waals surface area contributed by atoms with E-state index in [9.17, 15) is 13.2 Å². The number of carbonyl (C=O) groups excluding carboxylic acids is 1. The van der Waals surface area contributed by atoms with Crippen molar-refractivity contribution in [3.05, 3.63) is 59.7 Å². The van der Waals surface area contributed by atoms with Gasteiger partial charge in [0.2, 0.25) is 10.0 Å². The minimum absolute atomic E-state index is 0.0857. The Balaban J connectivity index is 1.91. The summed E-state index contributed by atoms with van der Waals surface area (Å²) in [5.74, 6) is 0.180. The normalized spacial score (nSPS) is 11.4. The first kappa shape index (κ1) is 19.9. The van der Waals surface area contributed by atoms with Gasteiger partial charge >= 0.3 is 0 Å². The molecule has 0 bridgehead atoms. The fourth-order valence-corrected chi connectivity index (χ4v) is 3.25. The molecule has 0 radical (unpaired) electrons. The van der Waals surface area contributed by atoms with Crippen LogP contribution in [-0.2, 0) is 14.9 Å². The van der Waals surface area contributed by atoms with E-state index in [0.29, 0.717) is 11.3 Å². The zero-order valence-corrected chi connectivity index (χ0v) is 15.7. The number of hydrogen-bond donors (Lipinski definition) is 1. The molecule has 0 saturated heterocycles. The molecule has 8 heteroatoms. The molecule has 26 heavy (non-hydrogen) atoms. The van der Waals surface area contributed by atoms with Gasteiger partial charge in [-0.25, -0.2) is 18.2 Å². The Morgan fingerprint density at radius 1 is 1.08 bits per heavy atom. The first-order chi connectivity index (χ1) is 12.3. The number of para-hydroxylation sites is 1. The topological polar surface area (TPSA) is 84.9 Å². The van der Waals surface area contributed by atoms with Gasteiger partial charge in [-0.2, -0.15) is 0 Å². The minimum Gasteiger partial charge on any atom is -0.491 e. The molecular weight excluding hydrogens is 356 g/mol. The molecule has 2 rings (SSSR count). The van der Waals surface area contributed by atoms with Crippen molar-refractivity contribution in [2.24, 2.45) is 0 Å². The SMILES string of the molecule is Cc1ccc(C(=O)NOCCOc2ccccc2)cc1S(=O)(=O)N(C)C. The second-order valence-electron chi connectivity index (χ2n) is 5.71. The van der Waals surface area contributed by atoms with E-state index in [1.54, 1.807) is 19.1 Å². The molecule has 0 aliphatic carbocycles. The van der Waals surface area contributed by atoms with E-state index < -0.39 is 15.9 Å². The summed E-state index contributed by atoms with van der Waals surface area (Å²) >= 11 is 0. The molecule has 0 aliphatic rings. The van der Waals surface area contributed by atoms with Crippen LogP contribution < -0.4 is 10.2 Å². The van der Waals surface area contributed by atoms with E-state index in [2.05, 4.69) is 5.48 Å². The van der Waals surface area contributed by atoms with E-state index in [1.165, 1.54) is 20.2 Å². The van der Waals surface area contributed by atoms with Crippen LogP contribution in [0, 0.1) is 6.92 Å². The Kier molecular flexibility index (Phi) is 6.73. The van der Waals surface area contributed by atoms with Gasteiger partial charge in [0.05, 0.1) is 4.90 Å². The van der Waals surface area contributed by atoms with Crippen molar-refractivity contribution in [2.75, 3.05) is 27.3 Å². The number of rotatable bonds is 8. The number of hydroxylamine groups is 1. The van der Waals surface area contributed by atoms with Gasteiger partial charge in [0, 0.05) is 19.7 Å². The van der Waals surface area contributed by atoms with Gasteiger partial charge in [0.25, 0.3) is 5.91 Å². The third kappa shape index (κ3) is 5.04. The highest BCUT2D eigenvalue weighted by atomic mass is 32.2. The van der Waals surface area contributed by atoms with Gasteiger partial charge < -0.3 is 4.74 Å². The lowest BCUT2D eigenvalue weighted by Crippen LogP contribution is -2.27. The first-order valence-electron chi connectivity index (χ1n) is 7.95. The summed E-state index contributed by atoms with van der Waals surface area (Å²) in [5.41, 5.74) is 3.04. The van der Waals surface area contributed by atoms with Crippen LogP contribution in [0.1, 0.15) is 15.9 Å². The summed E-state index contributed by atoms with van der Waals surface area (Å²) in [6, 6.07) is 13.7. The highest BCUT2D eigenvalue weighted by Crippen LogP contribution is 2.19. The summed E-state index contributed by atoms with van der Waals surface area (Å²) < 4.78 is 31.2. The molecule has 2 aromatic rings. The molecular formula is C18H22N2O5S. The van der Waals surface area contributed by atoms with Crippen molar-refractivity contribution in [1.82, 2.24) is 9.79 Å². The quantitative estimate of drug-likeness (QED) is 0.561. The smallest absolute Gasteiger partial charge is 0.274 e. The molecule has 0 atom stereocenters. The number of aryl methyl sites for hydroxylation is 1. The fourth-order valence-electron chi connectivity index (χ4n) is 2.11. The summed E-state index contributed by atoms with van der Waals surface area (Å²) in [6.45, 7) is 2.09. The van der Waals surface area contributed by atoms with Crippen molar-refractivity contribution >= 4 is 15.9 Å². The molecule has 1 amide bonds. The average Bonchev–Trinajstić information content (AvgIpc) is 2.62. The molecule has 0 fully saturated rings. The lowest BCUT2D eigenvalue weighted by molar-refractivity contribution is 0.0200. The van der Waals surface area contributed by atoms with Crippen LogP contribution >= 0.6 is 0 Å². The van der Waals surface area contributed by atoms with Gasteiger partial charge in [-0.05, 0) is 36.8 Å². The number of nitrogens with zero attached hydrogens (tertiary/aromatic N) is 1. The lowest BCUT2D eigenvalue weighted by atomic mass is 10.1. The van der Waals surface area contributed by atoms with Crippen LogP contribution in [0.25, 0.3) is 0 Å². The average molecular weight is 378 g/mol. The van der Waals surface area contributed by atoms with Crippen LogP contribution in [-0.4, -0.2) is 45.9 Å². The van der Waals surface area contributed by atoms with E-state index in [-0.39, 0.29) is 23.7 Å². The maximum Gasteiger partial charge on any atom is 0.274 e. The summed E-state index contributed by atoms with van der Waals surface area (Å²) in [5, 5.41) is 0. The summed E-state index contributed by atoms with van der Waals surface area (Å²) in [7, 11) is -0.747. The Morgan fingerprint density at radius 2 is 1.77 bits per heavy atom. The van der Waals surface area contributed by atoms with Crippen molar-refractivity contribution < 1.29 is 22.8 Å². The number of carbonyl (C=O) groups is 1. The Hall–Kier alpha value is -2.42. The highest BCUT2D eigenvalue weighted by molar-refractivity contribution is 7.89.